The number of hydrogen-bond acceptors (Lipinski definition) is 4. The maximum Gasteiger partial charge on any atom is 0.272 e. The summed E-state index contributed by atoms with van der Waals surface area (Å²) in [5, 5.41) is 5.26. The number of nitrogens with zero attached hydrogens (tertiary/aromatic N) is 4. The molecule has 0 bridgehead atoms. The second-order valence-electron chi connectivity index (χ2n) is 7.54. The van der Waals surface area contributed by atoms with E-state index in [1.54, 1.807) is 41.3 Å². The van der Waals surface area contributed by atoms with Gasteiger partial charge in [0.2, 0.25) is 0 Å². The molecule has 4 aromatic rings. The number of amides is 1. The lowest BCUT2D eigenvalue weighted by atomic mass is 10.2. The smallest absolute Gasteiger partial charge is 0.272 e. The van der Waals surface area contributed by atoms with Crippen LogP contribution in [0.3, 0.4) is 0 Å². The highest BCUT2D eigenvalue weighted by atomic mass is 35.5. The van der Waals surface area contributed by atoms with Gasteiger partial charge in [0.25, 0.3) is 5.91 Å². The maximum absolute atomic E-state index is 13.5. The minimum absolute atomic E-state index is 0.134. The molecule has 0 unspecified atom stereocenters. The molecular weight excluding hydrogens is 431 g/mol. The molecule has 0 spiro atoms. The maximum atomic E-state index is 13.5. The van der Waals surface area contributed by atoms with Crippen molar-refractivity contribution in [1.29, 1.82) is 0 Å². The fraction of sp³-hybridized carbons (Fsp3) is 0.167. The Morgan fingerprint density at radius 1 is 0.938 bits per heavy atom. The minimum atomic E-state index is -0.350. The second-order valence-corrected chi connectivity index (χ2v) is 7.98. The van der Waals surface area contributed by atoms with Gasteiger partial charge >= 0.3 is 0 Å². The summed E-state index contributed by atoms with van der Waals surface area (Å²) in [6.07, 6.45) is 1.56. The molecule has 0 aliphatic carbocycles. The first-order chi connectivity index (χ1) is 15.6. The Hall–Kier alpha value is -3.58. The molecule has 5 rings (SSSR count). The van der Waals surface area contributed by atoms with E-state index in [0.717, 1.165) is 5.69 Å². The van der Waals surface area contributed by atoms with Gasteiger partial charge in [0, 0.05) is 43.0 Å². The summed E-state index contributed by atoms with van der Waals surface area (Å²) in [5.41, 5.74) is 2.59. The number of hydrogen-bond donors (Lipinski definition) is 0. The Morgan fingerprint density at radius 3 is 2.41 bits per heavy atom. The summed E-state index contributed by atoms with van der Waals surface area (Å²) in [5.74, 6) is 0.0771. The second kappa shape index (κ2) is 8.51. The molecule has 0 N–H and O–H groups in total. The van der Waals surface area contributed by atoms with Crippen molar-refractivity contribution in [3.05, 3.63) is 89.5 Å². The molecule has 0 saturated carbocycles. The number of aromatic nitrogens is 2. The van der Waals surface area contributed by atoms with Gasteiger partial charge in [0.15, 0.2) is 5.76 Å². The summed E-state index contributed by atoms with van der Waals surface area (Å²) in [4.78, 5) is 17.5. The summed E-state index contributed by atoms with van der Waals surface area (Å²) in [7, 11) is 0. The summed E-state index contributed by atoms with van der Waals surface area (Å²) in [6.45, 7) is 2.52. The van der Waals surface area contributed by atoms with Crippen molar-refractivity contribution in [2.24, 2.45) is 0 Å². The van der Waals surface area contributed by atoms with E-state index in [1.807, 2.05) is 29.2 Å². The fourth-order valence-corrected chi connectivity index (χ4v) is 4.04. The van der Waals surface area contributed by atoms with Crippen LogP contribution in [-0.4, -0.2) is 46.8 Å². The summed E-state index contributed by atoms with van der Waals surface area (Å²) >= 11 is 6.12. The SMILES string of the molecule is O=C(c1cc(-c2ccco2)nn1-c1ccc(F)cc1)N1CCN(c2cccc(Cl)c2)CC1. The first-order valence-electron chi connectivity index (χ1n) is 10.3. The van der Waals surface area contributed by atoms with E-state index < -0.39 is 0 Å². The molecule has 2 aromatic heterocycles. The Labute approximate surface area is 189 Å². The van der Waals surface area contributed by atoms with Gasteiger partial charge in [0.1, 0.15) is 17.2 Å². The average molecular weight is 451 g/mol. The Kier molecular flexibility index (Phi) is 5.41. The first kappa shape index (κ1) is 20.3. The van der Waals surface area contributed by atoms with Crippen molar-refractivity contribution in [3.8, 4) is 17.1 Å². The highest BCUT2D eigenvalue weighted by Crippen LogP contribution is 2.25. The number of halogens is 2. The molecule has 1 fully saturated rings. The molecular formula is C24H20ClFN4O2. The van der Waals surface area contributed by atoms with Crippen LogP contribution >= 0.6 is 11.6 Å². The van der Waals surface area contributed by atoms with Gasteiger partial charge in [-0.05, 0) is 54.6 Å². The van der Waals surface area contributed by atoms with Crippen molar-refractivity contribution in [2.45, 2.75) is 0 Å². The minimum Gasteiger partial charge on any atom is -0.463 e. The van der Waals surface area contributed by atoms with E-state index in [4.69, 9.17) is 16.0 Å². The van der Waals surface area contributed by atoms with Gasteiger partial charge < -0.3 is 14.2 Å². The zero-order valence-electron chi connectivity index (χ0n) is 17.1. The highest BCUT2D eigenvalue weighted by Gasteiger charge is 2.27. The lowest BCUT2D eigenvalue weighted by molar-refractivity contribution is 0.0737. The van der Waals surface area contributed by atoms with Gasteiger partial charge in [-0.1, -0.05) is 17.7 Å². The van der Waals surface area contributed by atoms with Crippen LogP contribution in [0.2, 0.25) is 5.02 Å². The number of benzene rings is 2. The average Bonchev–Trinajstić information content (AvgIpc) is 3.50. The van der Waals surface area contributed by atoms with Crippen LogP contribution in [0.4, 0.5) is 10.1 Å². The first-order valence-corrected chi connectivity index (χ1v) is 10.7. The molecule has 2 aromatic carbocycles. The molecule has 6 nitrogen and oxygen atoms in total. The standard InChI is InChI=1S/C24H20ClFN4O2/c25-17-3-1-4-20(15-17)28-10-12-29(13-11-28)24(31)22-16-21(23-5-2-14-32-23)27-30(22)19-8-6-18(26)7-9-19/h1-9,14-16H,10-13H2. The van der Waals surface area contributed by atoms with Crippen LogP contribution in [0.1, 0.15) is 10.5 Å². The van der Waals surface area contributed by atoms with Crippen LogP contribution in [0.25, 0.3) is 17.1 Å². The van der Waals surface area contributed by atoms with E-state index in [-0.39, 0.29) is 11.7 Å². The lowest BCUT2D eigenvalue weighted by Crippen LogP contribution is -2.49. The van der Waals surface area contributed by atoms with Crippen LogP contribution in [0.15, 0.2) is 77.4 Å². The molecule has 1 aliphatic rings. The third-order valence-corrected chi connectivity index (χ3v) is 5.75. The Morgan fingerprint density at radius 2 is 1.72 bits per heavy atom. The van der Waals surface area contributed by atoms with E-state index in [0.29, 0.717) is 54.0 Å². The van der Waals surface area contributed by atoms with Crippen molar-refractivity contribution in [2.75, 3.05) is 31.1 Å². The van der Waals surface area contributed by atoms with Gasteiger partial charge in [-0.2, -0.15) is 5.10 Å². The van der Waals surface area contributed by atoms with Gasteiger partial charge in [-0.3, -0.25) is 4.79 Å². The van der Waals surface area contributed by atoms with Crippen LogP contribution in [0, 0.1) is 5.82 Å². The molecule has 1 amide bonds. The summed E-state index contributed by atoms with van der Waals surface area (Å²) in [6, 6.07) is 18.9. The fourth-order valence-electron chi connectivity index (χ4n) is 3.86. The molecule has 8 heteroatoms. The molecule has 0 radical (unpaired) electrons. The number of carbonyl (C=O) groups excluding carboxylic acids is 1. The van der Waals surface area contributed by atoms with E-state index in [2.05, 4.69) is 10.00 Å². The molecule has 1 saturated heterocycles. The van der Waals surface area contributed by atoms with Crippen molar-refractivity contribution < 1.29 is 13.6 Å². The number of furan rings is 1. The van der Waals surface area contributed by atoms with Crippen molar-refractivity contribution in [3.63, 3.8) is 0 Å². The highest BCUT2D eigenvalue weighted by molar-refractivity contribution is 6.30. The lowest BCUT2D eigenvalue weighted by Gasteiger charge is -2.36. The van der Waals surface area contributed by atoms with Crippen molar-refractivity contribution >= 4 is 23.2 Å². The van der Waals surface area contributed by atoms with Gasteiger partial charge in [0.05, 0.1) is 12.0 Å². The monoisotopic (exact) mass is 450 g/mol. The van der Waals surface area contributed by atoms with Crippen LogP contribution in [-0.2, 0) is 0 Å². The number of piperazine rings is 1. The number of carbonyl (C=O) groups is 1. The quantitative estimate of drug-likeness (QED) is 0.444. The van der Waals surface area contributed by atoms with Crippen LogP contribution < -0.4 is 4.90 Å². The zero-order chi connectivity index (χ0) is 22.1. The van der Waals surface area contributed by atoms with Gasteiger partial charge in [-0.25, -0.2) is 9.07 Å². The van der Waals surface area contributed by atoms with E-state index in [1.165, 1.54) is 12.1 Å². The molecule has 1 aliphatic heterocycles. The predicted molar refractivity (Wildman–Crippen MR) is 121 cm³/mol. The third-order valence-electron chi connectivity index (χ3n) is 5.51. The predicted octanol–water partition coefficient (Wildman–Crippen LogP) is 4.89. The van der Waals surface area contributed by atoms with Crippen molar-refractivity contribution in [1.82, 2.24) is 14.7 Å². The largest absolute Gasteiger partial charge is 0.463 e. The molecule has 32 heavy (non-hydrogen) atoms. The topological polar surface area (TPSA) is 54.5 Å². The Balaban J connectivity index is 1.41. The zero-order valence-corrected chi connectivity index (χ0v) is 17.9. The molecule has 0 atom stereocenters. The number of anilines is 1. The number of rotatable bonds is 4. The Bertz CT molecular complexity index is 1230. The van der Waals surface area contributed by atoms with E-state index in [9.17, 15) is 9.18 Å². The van der Waals surface area contributed by atoms with Crippen LogP contribution in [0.5, 0.6) is 0 Å². The normalized spacial score (nSPS) is 14.1. The van der Waals surface area contributed by atoms with Gasteiger partial charge in [-0.15, -0.1) is 0 Å². The third kappa shape index (κ3) is 3.99. The van der Waals surface area contributed by atoms with E-state index >= 15 is 0 Å². The summed E-state index contributed by atoms with van der Waals surface area (Å²) < 4.78 is 20.5. The molecule has 3 heterocycles. The molecule has 162 valence electrons.